The molecule has 4 aromatic rings. The summed E-state index contributed by atoms with van der Waals surface area (Å²) in [4.78, 5) is 16.2. The molecule has 1 aliphatic heterocycles. The van der Waals surface area contributed by atoms with Crippen LogP contribution < -0.4 is 14.8 Å². The van der Waals surface area contributed by atoms with Gasteiger partial charge in [0.05, 0.1) is 31.4 Å². The maximum Gasteiger partial charge on any atom is 0.233 e. The van der Waals surface area contributed by atoms with Crippen LogP contribution >= 0.6 is 0 Å². The van der Waals surface area contributed by atoms with Crippen molar-refractivity contribution in [3.8, 4) is 34.1 Å². The first kappa shape index (κ1) is 19.4. The van der Waals surface area contributed by atoms with E-state index in [0.717, 1.165) is 48.0 Å². The van der Waals surface area contributed by atoms with Gasteiger partial charge in [0.2, 0.25) is 11.8 Å². The van der Waals surface area contributed by atoms with Crippen LogP contribution in [0.2, 0.25) is 0 Å². The van der Waals surface area contributed by atoms with Gasteiger partial charge in [0.15, 0.2) is 0 Å². The van der Waals surface area contributed by atoms with Crippen molar-refractivity contribution in [1.82, 2.24) is 25.3 Å². The van der Waals surface area contributed by atoms with Crippen LogP contribution in [-0.2, 0) is 0 Å². The Bertz CT molecular complexity index is 1220. The van der Waals surface area contributed by atoms with Gasteiger partial charge in [0.1, 0.15) is 11.9 Å². The third kappa shape index (κ3) is 3.94. The SMILES string of the molecule is COc1cc(-c2ccc3[nH]cc(-c4cncc(OC5CCCNC5)n4)c3c2)c(F)cn1. The number of nitrogens with one attached hydrogen (secondary N) is 2. The van der Waals surface area contributed by atoms with Crippen molar-refractivity contribution in [2.75, 3.05) is 20.2 Å². The Kier molecular flexibility index (Phi) is 5.21. The van der Waals surface area contributed by atoms with E-state index in [4.69, 9.17) is 9.47 Å². The molecule has 4 heterocycles. The number of fused-ring (bicyclic) bond motifs is 1. The summed E-state index contributed by atoms with van der Waals surface area (Å²) < 4.78 is 25.6. The monoisotopic (exact) mass is 419 g/mol. The molecule has 0 radical (unpaired) electrons. The van der Waals surface area contributed by atoms with Crippen LogP contribution in [0.25, 0.3) is 33.3 Å². The van der Waals surface area contributed by atoms with Crippen LogP contribution in [0.3, 0.4) is 0 Å². The minimum Gasteiger partial charge on any atom is -0.481 e. The van der Waals surface area contributed by atoms with Gasteiger partial charge in [-0.25, -0.2) is 14.4 Å². The molecule has 0 saturated carbocycles. The number of aromatic amines is 1. The van der Waals surface area contributed by atoms with Crippen LogP contribution in [0.5, 0.6) is 11.8 Å². The smallest absolute Gasteiger partial charge is 0.233 e. The summed E-state index contributed by atoms with van der Waals surface area (Å²) in [5.74, 6) is 0.453. The van der Waals surface area contributed by atoms with Gasteiger partial charge in [-0.15, -0.1) is 0 Å². The van der Waals surface area contributed by atoms with E-state index in [-0.39, 0.29) is 6.10 Å². The predicted octanol–water partition coefficient (Wildman–Crippen LogP) is 3.97. The van der Waals surface area contributed by atoms with Crippen LogP contribution in [-0.4, -0.2) is 46.2 Å². The van der Waals surface area contributed by atoms with Gasteiger partial charge >= 0.3 is 0 Å². The van der Waals surface area contributed by atoms with Crippen molar-refractivity contribution in [2.24, 2.45) is 0 Å². The molecule has 158 valence electrons. The minimum absolute atomic E-state index is 0.0949. The molecule has 0 spiro atoms. The minimum atomic E-state index is -0.409. The van der Waals surface area contributed by atoms with Crippen molar-refractivity contribution in [3.63, 3.8) is 0 Å². The van der Waals surface area contributed by atoms with E-state index >= 15 is 0 Å². The van der Waals surface area contributed by atoms with Gasteiger partial charge in [0, 0.05) is 40.8 Å². The van der Waals surface area contributed by atoms with E-state index in [1.54, 1.807) is 18.5 Å². The first-order valence-corrected chi connectivity index (χ1v) is 10.2. The number of hydrogen-bond donors (Lipinski definition) is 2. The molecule has 1 saturated heterocycles. The molecular weight excluding hydrogens is 397 g/mol. The van der Waals surface area contributed by atoms with Gasteiger partial charge < -0.3 is 19.8 Å². The lowest BCUT2D eigenvalue weighted by molar-refractivity contribution is 0.160. The van der Waals surface area contributed by atoms with Crippen molar-refractivity contribution >= 4 is 10.9 Å². The third-order valence-electron chi connectivity index (χ3n) is 5.46. The lowest BCUT2D eigenvalue weighted by Crippen LogP contribution is -2.37. The molecule has 1 aromatic carbocycles. The molecule has 1 atom stereocenters. The fourth-order valence-electron chi connectivity index (χ4n) is 3.88. The highest BCUT2D eigenvalue weighted by Gasteiger charge is 2.17. The molecule has 0 amide bonds. The van der Waals surface area contributed by atoms with Crippen molar-refractivity contribution in [1.29, 1.82) is 0 Å². The number of methoxy groups -OCH3 is 1. The highest BCUT2D eigenvalue weighted by molar-refractivity contribution is 5.97. The molecule has 0 bridgehead atoms. The zero-order valence-electron chi connectivity index (χ0n) is 17.1. The predicted molar refractivity (Wildman–Crippen MR) is 116 cm³/mol. The fraction of sp³-hybridized carbons (Fsp3) is 0.261. The van der Waals surface area contributed by atoms with E-state index in [0.29, 0.717) is 23.0 Å². The van der Waals surface area contributed by atoms with Crippen LogP contribution in [0.1, 0.15) is 12.8 Å². The second kappa shape index (κ2) is 8.31. The maximum absolute atomic E-state index is 14.4. The van der Waals surface area contributed by atoms with Gasteiger partial charge in [-0.2, -0.15) is 0 Å². The Balaban J connectivity index is 1.51. The number of ether oxygens (including phenoxy) is 2. The molecule has 31 heavy (non-hydrogen) atoms. The van der Waals surface area contributed by atoms with Crippen LogP contribution in [0.4, 0.5) is 4.39 Å². The third-order valence-corrected chi connectivity index (χ3v) is 5.46. The maximum atomic E-state index is 14.4. The average Bonchev–Trinajstić information content (AvgIpc) is 3.23. The Morgan fingerprint density at radius 2 is 2.03 bits per heavy atom. The van der Waals surface area contributed by atoms with Crippen LogP contribution in [0, 0.1) is 5.82 Å². The molecule has 7 nitrogen and oxygen atoms in total. The van der Waals surface area contributed by atoms with E-state index in [1.165, 1.54) is 13.3 Å². The zero-order valence-corrected chi connectivity index (χ0v) is 17.1. The van der Waals surface area contributed by atoms with E-state index < -0.39 is 5.82 Å². The summed E-state index contributed by atoms with van der Waals surface area (Å²) in [5, 5.41) is 4.25. The Labute approximate surface area is 178 Å². The molecule has 8 heteroatoms. The lowest BCUT2D eigenvalue weighted by atomic mass is 10.0. The van der Waals surface area contributed by atoms with Gasteiger partial charge in [-0.05, 0) is 37.1 Å². The lowest BCUT2D eigenvalue weighted by Gasteiger charge is -2.23. The first-order valence-electron chi connectivity index (χ1n) is 10.2. The highest BCUT2D eigenvalue weighted by Crippen LogP contribution is 2.33. The molecular formula is C23H22FN5O2. The number of hydrogen-bond acceptors (Lipinski definition) is 6. The zero-order chi connectivity index (χ0) is 21.2. The van der Waals surface area contributed by atoms with E-state index in [9.17, 15) is 4.39 Å². The largest absolute Gasteiger partial charge is 0.481 e. The summed E-state index contributed by atoms with van der Waals surface area (Å²) in [6.07, 6.45) is 8.57. The number of nitrogens with zero attached hydrogens (tertiary/aromatic N) is 3. The normalized spacial score (nSPS) is 16.4. The molecule has 1 aliphatic rings. The molecule has 0 aliphatic carbocycles. The number of pyridine rings is 1. The summed E-state index contributed by atoms with van der Waals surface area (Å²) in [5.41, 5.74) is 3.63. The number of benzene rings is 1. The molecule has 3 aromatic heterocycles. The number of aromatic nitrogens is 4. The standard InChI is InChI=1S/C23H22FN5O2/c1-30-22-8-16(19(24)11-28-22)14-4-5-20-17(7-14)18(10-27-20)21-12-26-13-23(29-21)31-15-3-2-6-25-9-15/h4-5,7-8,10-13,15,25,27H,2-3,6,9H2,1H3. The quantitative estimate of drug-likeness (QED) is 0.509. The highest BCUT2D eigenvalue weighted by atomic mass is 19.1. The van der Waals surface area contributed by atoms with Crippen molar-refractivity contribution < 1.29 is 13.9 Å². The molecule has 2 N–H and O–H groups in total. The summed E-state index contributed by atoms with van der Waals surface area (Å²) in [7, 11) is 1.51. The first-order chi connectivity index (χ1) is 15.2. The Hall–Kier alpha value is -3.52. The van der Waals surface area contributed by atoms with Gasteiger partial charge in [-0.3, -0.25) is 4.98 Å². The summed E-state index contributed by atoms with van der Waals surface area (Å²) >= 11 is 0. The molecule has 1 fully saturated rings. The Morgan fingerprint density at radius 1 is 1.10 bits per heavy atom. The summed E-state index contributed by atoms with van der Waals surface area (Å²) in [6.45, 7) is 1.83. The van der Waals surface area contributed by atoms with Crippen molar-refractivity contribution in [2.45, 2.75) is 18.9 Å². The van der Waals surface area contributed by atoms with Gasteiger partial charge in [-0.1, -0.05) is 6.07 Å². The number of piperidine rings is 1. The molecule has 1 unspecified atom stereocenters. The fourth-order valence-corrected chi connectivity index (χ4v) is 3.88. The second-order valence-electron chi connectivity index (χ2n) is 7.50. The van der Waals surface area contributed by atoms with E-state index in [2.05, 4.69) is 25.3 Å². The number of halogens is 1. The number of H-pyrrole nitrogens is 1. The molecule has 5 rings (SSSR count). The Morgan fingerprint density at radius 3 is 2.87 bits per heavy atom. The average molecular weight is 419 g/mol. The van der Waals surface area contributed by atoms with Crippen molar-refractivity contribution in [3.05, 3.63) is 54.9 Å². The summed E-state index contributed by atoms with van der Waals surface area (Å²) in [6, 6.07) is 7.30. The topological polar surface area (TPSA) is 85.0 Å². The van der Waals surface area contributed by atoms with Crippen LogP contribution in [0.15, 0.2) is 49.1 Å². The number of rotatable bonds is 5. The van der Waals surface area contributed by atoms with Gasteiger partial charge in [0.25, 0.3) is 0 Å². The second-order valence-corrected chi connectivity index (χ2v) is 7.50. The van der Waals surface area contributed by atoms with E-state index in [1.807, 2.05) is 24.4 Å².